The van der Waals surface area contributed by atoms with E-state index in [0.29, 0.717) is 6.04 Å². The predicted molar refractivity (Wildman–Crippen MR) is 83.8 cm³/mol. The summed E-state index contributed by atoms with van der Waals surface area (Å²) in [6.07, 6.45) is 6.24. The van der Waals surface area contributed by atoms with Gasteiger partial charge >= 0.3 is 0 Å². The first-order valence-electron chi connectivity index (χ1n) is 7.54. The van der Waals surface area contributed by atoms with Gasteiger partial charge in [-0.1, -0.05) is 38.1 Å². The van der Waals surface area contributed by atoms with Crippen LogP contribution in [0.2, 0.25) is 0 Å². The lowest BCUT2D eigenvalue weighted by Gasteiger charge is -2.19. The molecule has 0 amide bonds. The molecule has 0 saturated heterocycles. The summed E-state index contributed by atoms with van der Waals surface area (Å²) in [6, 6.07) is 9.25. The average molecular weight is 271 g/mol. The molecule has 0 aliphatic heterocycles. The Bertz CT molecular complexity index is 513. The molecule has 3 heteroatoms. The molecule has 0 radical (unpaired) electrons. The fraction of sp³-hybridized carbons (Fsp3) is 0.471. The summed E-state index contributed by atoms with van der Waals surface area (Å²) in [6.45, 7) is 8.37. The second kappa shape index (κ2) is 7.25. The van der Waals surface area contributed by atoms with Gasteiger partial charge in [-0.05, 0) is 43.0 Å². The molecule has 0 aliphatic carbocycles. The Morgan fingerprint density at radius 1 is 1.20 bits per heavy atom. The van der Waals surface area contributed by atoms with E-state index < -0.39 is 0 Å². The normalized spacial score (nSPS) is 12.6. The zero-order chi connectivity index (χ0) is 14.4. The number of nitrogens with zero attached hydrogens (tertiary/aromatic N) is 2. The van der Waals surface area contributed by atoms with Crippen molar-refractivity contribution in [2.75, 3.05) is 6.54 Å². The maximum absolute atomic E-state index is 4.40. The molecule has 0 saturated carbocycles. The van der Waals surface area contributed by atoms with E-state index in [1.54, 1.807) is 0 Å². The Morgan fingerprint density at radius 3 is 2.50 bits per heavy atom. The van der Waals surface area contributed by atoms with Gasteiger partial charge in [-0.25, -0.2) is 0 Å². The molecule has 2 aromatic rings. The number of rotatable bonds is 7. The summed E-state index contributed by atoms with van der Waals surface area (Å²) in [4.78, 5) is 0. The van der Waals surface area contributed by atoms with Crippen LogP contribution in [0.1, 0.15) is 43.0 Å². The second-order valence-electron chi connectivity index (χ2n) is 5.34. The molecule has 1 aromatic carbocycles. The van der Waals surface area contributed by atoms with Gasteiger partial charge in [0.15, 0.2) is 0 Å². The monoisotopic (exact) mass is 271 g/mol. The predicted octanol–water partition coefficient (Wildman–Crippen LogP) is 3.49. The van der Waals surface area contributed by atoms with Gasteiger partial charge in [-0.3, -0.25) is 4.68 Å². The molecule has 0 fully saturated rings. The minimum Gasteiger partial charge on any atom is -0.308 e. The van der Waals surface area contributed by atoms with Crippen molar-refractivity contribution in [2.24, 2.45) is 0 Å². The van der Waals surface area contributed by atoms with Gasteiger partial charge in [0.2, 0.25) is 0 Å². The third kappa shape index (κ3) is 3.94. The number of aryl methyl sites for hydroxylation is 2. The summed E-state index contributed by atoms with van der Waals surface area (Å²) in [5.74, 6) is 0. The van der Waals surface area contributed by atoms with Crippen molar-refractivity contribution in [3.8, 4) is 0 Å². The zero-order valence-corrected chi connectivity index (χ0v) is 12.8. The van der Waals surface area contributed by atoms with Crippen molar-refractivity contribution in [2.45, 2.75) is 46.2 Å². The Kier molecular flexibility index (Phi) is 5.36. The van der Waals surface area contributed by atoms with E-state index in [9.17, 15) is 0 Å². The number of aromatic nitrogens is 2. The van der Waals surface area contributed by atoms with E-state index in [-0.39, 0.29) is 0 Å². The van der Waals surface area contributed by atoms with Crippen LogP contribution in [-0.4, -0.2) is 16.3 Å². The minimum absolute atomic E-state index is 0.320. The lowest BCUT2D eigenvalue weighted by Crippen LogP contribution is -2.26. The molecule has 20 heavy (non-hydrogen) atoms. The largest absolute Gasteiger partial charge is 0.308 e. The zero-order valence-electron chi connectivity index (χ0n) is 12.8. The topological polar surface area (TPSA) is 29.9 Å². The fourth-order valence-corrected chi connectivity index (χ4v) is 2.35. The van der Waals surface area contributed by atoms with Gasteiger partial charge in [0.25, 0.3) is 0 Å². The van der Waals surface area contributed by atoms with Gasteiger partial charge in [0.05, 0.1) is 18.8 Å². The molecule has 1 unspecified atom stereocenters. The highest BCUT2D eigenvalue weighted by molar-refractivity contribution is 5.25. The lowest BCUT2D eigenvalue weighted by atomic mass is 10.0. The lowest BCUT2D eigenvalue weighted by molar-refractivity contribution is 0.439. The van der Waals surface area contributed by atoms with Crippen molar-refractivity contribution in [3.05, 3.63) is 53.3 Å². The van der Waals surface area contributed by atoms with Crippen molar-refractivity contribution < 1.29 is 0 Å². The molecule has 0 bridgehead atoms. The fourth-order valence-electron chi connectivity index (χ4n) is 2.35. The van der Waals surface area contributed by atoms with Crippen LogP contribution in [0.4, 0.5) is 0 Å². The molecular formula is C17H25N3. The van der Waals surface area contributed by atoms with E-state index in [1.165, 1.54) is 16.7 Å². The second-order valence-corrected chi connectivity index (χ2v) is 5.34. The Balaban J connectivity index is 2.12. The molecule has 108 valence electrons. The summed E-state index contributed by atoms with van der Waals surface area (Å²) in [5.41, 5.74) is 3.93. The maximum atomic E-state index is 4.40. The third-order valence-corrected chi connectivity index (χ3v) is 3.56. The number of nitrogens with one attached hydrogen (secondary N) is 1. The van der Waals surface area contributed by atoms with E-state index in [1.807, 2.05) is 10.9 Å². The van der Waals surface area contributed by atoms with Crippen LogP contribution < -0.4 is 5.32 Å². The number of hydrogen-bond donors (Lipinski definition) is 1. The standard InChI is InChI=1S/C17H25N3/c1-4-10-18-17(13-20-12-14(3)11-19-20)16-8-6-15(5-2)7-9-16/h6-9,11-12,17-18H,4-5,10,13H2,1-3H3. The minimum atomic E-state index is 0.320. The van der Waals surface area contributed by atoms with Crippen LogP contribution >= 0.6 is 0 Å². The molecule has 0 aliphatic rings. The Morgan fingerprint density at radius 2 is 1.95 bits per heavy atom. The van der Waals surface area contributed by atoms with E-state index in [2.05, 4.69) is 61.6 Å². The van der Waals surface area contributed by atoms with E-state index in [4.69, 9.17) is 0 Å². The quantitative estimate of drug-likeness (QED) is 0.835. The van der Waals surface area contributed by atoms with Crippen molar-refractivity contribution in [1.82, 2.24) is 15.1 Å². The molecule has 1 atom stereocenters. The highest BCUT2D eigenvalue weighted by atomic mass is 15.3. The van der Waals surface area contributed by atoms with Crippen LogP contribution in [0, 0.1) is 6.92 Å². The van der Waals surface area contributed by atoms with Crippen LogP contribution in [-0.2, 0) is 13.0 Å². The van der Waals surface area contributed by atoms with Crippen molar-refractivity contribution in [1.29, 1.82) is 0 Å². The van der Waals surface area contributed by atoms with Crippen LogP contribution in [0.5, 0.6) is 0 Å². The summed E-state index contributed by atoms with van der Waals surface area (Å²) >= 11 is 0. The van der Waals surface area contributed by atoms with Gasteiger partial charge in [-0.15, -0.1) is 0 Å². The molecule has 1 N–H and O–H groups in total. The van der Waals surface area contributed by atoms with Gasteiger partial charge in [0.1, 0.15) is 0 Å². The van der Waals surface area contributed by atoms with Crippen LogP contribution in [0.15, 0.2) is 36.7 Å². The SMILES string of the molecule is CCCNC(Cn1cc(C)cn1)c1ccc(CC)cc1. The summed E-state index contributed by atoms with van der Waals surface area (Å²) in [7, 11) is 0. The Hall–Kier alpha value is -1.61. The molecule has 3 nitrogen and oxygen atoms in total. The van der Waals surface area contributed by atoms with E-state index in [0.717, 1.165) is 25.9 Å². The van der Waals surface area contributed by atoms with Gasteiger partial charge in [-0.2, -0.15) is 5.10 Å². The molecule has 1 heterocycles. The third-order valence-electron chi connectivity index (χ3n) is 3.56. The van der Waals surface area contributed by atoms with E-state index >= 15 is 0 Å². The van der Waals surface area contributed by atoms with Crippen molar-refractivity contribution in [3.63, 3.8) is 0 Å². The average Bonchev–Trinajstić information content (AvgIpc) is 2.89. The smallest absolute Gasteiger partial charge is 0.0604 e. The molecule has 1 aromatic heterocycles. The first-order chi connectivity index (χ1) is 9.72. The molecule has 0 spiro atoms. The summed E-state index contributed by atoms with van der Waals surface area (Å²) in [5, 5.41) is 8.02. The van der Waals surface area contributed by atoms with Crippen molar-refractivity contribution >= 4 is 0 Å². The number of hydrogen-bond acceptors (Lipinski definition) is 2. The summed E-state index contributed by atoms with van der Waals surface area (Å²) < 4.78 is 2.02. The maximum Gasteiger partial charge on any atom is 0.0604 e. The number of benzene rings is 1. The highest BCUT2D eigenvalue weighted by Crippen LogP contribution is 2.16. The molecular weight excluding hydrogens is 246 g/mol. The van der Waals surface area contributed by atoms with Crippen LogP contribution in [0.3, 0.4) is 0 Å². The van der Waals surface area contributed by atoms with Crippen LogP contribution in [0.25, 0.3) is 0 Å². The van der Waals surface area contributed by atoms with Gasteiger partial charge < -0.3 is 5.32 Å². The Labute approximate surface area is 122 Å². The molecule has 2 rings (SSSR count). The first kappa shape index (κ1) is 14.8. The highest BCUT2D eigenvalue weighted by Gasteiger charge is 2.11. The first-order valence-corrected chi connectivity index (χ1v) is 7.54. The van der Waals surface area contributed by atoms with Gasteiger partial charge in [0, 0.05) is 6.20 Å².